The molecule has 6 heteroatoms. The molecule has 2 aromatic carbocycles. The van der Waals surface area contributed by atoms with Gasteiger partial charge in [0.15, 0.2) is 5.96 Å². The number of ether oxygens (including phenoxy) is 1. The Morgan fingerprint density at radius 1 is 1.10 bits per heavy atom. The Balaban J connectivity index is 1.40. The number of benzene rings is 2. The van der Waals surface area contributed by atoms with E-state index in [0.29, 0.717) is 13.2 Å². The van der Waals surface area contributed by atoms with E-state index in [1.54, 1.807) is 13.2 Å². The highest BCUT2D eigenvalue weighted by atomic mass is 16.5. The summed E-state index contributed by atoms with van der Waals surface area (Å²) in [4.78, 5) is 8.45. The van der Waals surface area contributed by atoms with Crippen LogP contribution < -0.4 is 10.6 Å². The highest BCUT2D eigenvalue weighted by Crippen LogP contribution is 2.16. The van der Waals surface area contributed by atoms with Gasteiger partial charge in [-0.05, 0) is 30.5 Å². The summed E-state index contributed by atoms with van der Waals surface area (Å²) in [6.07, 6.45) is 6.55. The Hall–Kier alpha value is -3.12. The third-order valence-electron chi connectivity index (χ3n) is 4.69. The third kappa shape index (κ3) is 6.19. The van der Waals surface area contributed by atoms with Gasteiger partial charge in [0, 0.05) is 39.1 Å². The molecule has 29 heavy (non-hydrogen) atoms. The van der Waals surface area contributed by atoms with Crippen LogP contribution in [-0.4, -0.2) is 35.7 Å². The largest absolute Gasteiger partial charge is 0.374 e. The molecule has 2 N–H and O–H groups in total. The van der Waals surface area contributed by atoms with Crippen molar-refractivity contribution in [3.05, 3.63) is 84.4 Å². The average molecular weight is 392 g/mol. The number of para-hydroxylation sites is 1. The van der Waals surface area contributed by atoms with Gasteiger partial charge in [0.1, 0.15) is 0 Å². The smallest absolute Gasteiger partial charge is 0.191 e. The Morgan fingerprint density at radius 2 is 1.90 bits per heavy atom. The maximum Gasteiger partial charge on any atom is 0.191 e. The molecule has 0 aliphatic carbocycles. The number of aliphatic imine (C=N–C) groups is 1. The molecular formula is C23H29N5O. The first-order valence-electron chi connectivity index (χ1n) is 9.95. The number of guanidine groups is 1. The van der Waals surface area contributed by atoms with Crippen LogP contribution >= 0.6 is 0 Å². The lowest BCUT2D eigenvalue weighted by molar-refractivity contribution is 0.0646. The molecular weight excluding hydrogens is 362 g/mol. The first-order valence-corrected chi connectivity index (χ1v) is 9.95. The summed E-state index contributed by atoms with van der Waals surface area (Å²) in [5.74, 6) is 0.779. The zero-order valence-electron chi connectivity index (χ0n) is 17.1. The lowest BCUT2D eigenvalue weighted by Gasteiger charge is -2.16. The van der Waals surface area contributed by atoms with Crippen LogP contribution in [0.15, 0.2) is 78.3 Å². The summed E-state index contributed by atoms with van der Waals surface area (Å²) in [7, 11) is 1.78. The van der Waals surface area contributed by atoms with Crippen LogP contribution in [0, 0.1) is 0 Å². The van der Waals surface area contributed by atoms with E-state index in [2.05, 4.69) is 51.8 Å². The van der Waals surface area contributed by atoms with Crippen LogP contribution in [0.5, 0.6) is 0 Å². The number of hydrogen-bond donors (Lipinski definition) is 2. The molecule has 1 unspecified atom stereocenters. The lowest BCUT2D eigenvalue weighted by Crippen LogP contribution is -2.37. The van der Waals surface area contributed by atoms with E-state index in [1.165, 1.54) is 11.1 Å². The number of nitrogens with zero attached hydrogens (tertiary/aromatic N) is 3. The van der Waals surface area contributed by atoms with Crippen LogP contribution in [0.3, 0.4) is 0 Å². The maximum absolute atomic E-state index is 5.92. The van der Waals surface area contributed by atoms with Gasteiger partial charge >= 0.3 is 0 Å². The van der Waals surface area contributed by atoms with Crippen molar-refractivity contribution >= 4 is 5.96 Å². The molecule has 1 aromatic heterocycles. The van der Waals surface area contributed by atoms with Crippen molar-refractivity contribution in [1.82, 2.24) is 20.2 Å². The van der Waals surface area contributed by atoms with Gasteiger partial charge in [0.25, 0.3) is 0 Å². The number of aromatic nitrogens is 2. The van der Waals surface area contributed by atoms with Gasteiger partial charge in [0.05, 0.1) is 18.1 Å². The molecule has 1 heterocycles. The third-order valence-corrected chi connectivity index (χ3v) is 4.69. The van der Waals surface area contributed by atoms with Crippen LogP contribution in [0.1, 0.15) is 30.6 Å². The molecule has 0 bridgehead atoms. The van der Waals surface area contributed by atoms with E-state index >= 15 is 0 Å². The van der Waals surface area contributed by atoms with Crippen molar-refractivity contribution in [3.63, 3.8) is 0 Å². The molecule has 0 spiro atoms. The standard InChI is InChI=1S/C23H29N5O/c1-19(20-9-4-3-5-10-20)29-16-8-13-26-23(24-2)27-17-21-11-6-7-12-22(21)28-15-14-25-18-28/h3-7,9-12,14-15,18-19H,8,13,16-17H2,1-2H3,(H2,24,26,27). The molecule has 0 saturated heterocycles. The highest BCUT2D eigenvalue weighted by molar-refractivity contribution is 5.79. The van der Waals surface area contributed by atoms with Crippen molar-refractivity contribution < 1.29 is 4.74 Å². The fourth-order valence-corrected chi connectivity index (χ4v) is 3.07. The summed E-state index contributed by atoms with van der Waals surface area (Å²) >= 11 is 0. The molecule has 0 saturated carbocycles. The van der Waals surface area contributed by atoms with Crippen molar-refractivity contribution in [1.29, 1.82) is 0 Å². The first kappa shape index (κ1) is 20.6. The summed E-state index contributed by atoms with van der Waals surface area (Å²) in [5.41, 5.74) is 3.49. The molecule has 0 aliphatic heterocycles. The van der Waals surface area contributed by atoms with Crippen LogP contribution in [0.2, 0.25) is 0 Å². The van der Waals surface area contributed by atoms with Gasteiger partial charge in [-0.2, -0.15) is 0 Å². The van der Waals surface area contributed by atoms with Gasteiger partial charge in [-0.25, -0.2) is 4.98 Å². The monoisotopic (exact) mass is 391 g/mol. The van der Waals surface area contributed by atoms with Crippen molar-refractivity contribution in [3.8, 4) is 5.69 Å². The second kappa shape index (κ2) is 11.0. The molecule has 1 atom stereocenters. The van der Waals surface area contributed by atoms with E-state index in [0.717, 1.165) is 24.6 Å². The molecule has 3 rings (SSSR count). The number of hydrogen-bond acceptors (Lipinski definition) is 3. The zero-order valence-corrected chi connectivity index (χ0v) is 17.1. The molecule has 0 amide bonds. The molecule has 152 valence electrons. The molecule has 0 radical (unpaired) electrons. The highest BCUT2D eigenvalue weighted by Gasteiger charge is 2.06. The lowest BCUT2D eigenvalue weighted by atomic mass is 10.1. The van der Waals surface area contributed by atoms with E-state index in [4.69, 9.17) is 4.74 Å². The fraction of sp³-hybridized carbons (Fsp3) is 0.304. The van der Waals surface area contributed by atoms with E-state index in [1.807, 2.05) is 47.4 Å². The van der Waals surface area contributed by atoms with Crippen LogP contribution in [-0.2, 0) is 11.3 Å². The fourth-order valence-electron chi connectivity index (χ4n) is 3.07. The summed E-state index contributed by atoms with van der Waals surface area (Å²) in [6.45, 7) is 4.25. The van der Waals surface area contributed by atoms with Gasteiger partial charge < -0.3 is 19.9 Å². The predicted octanol–water partition coefficient (Wildman–Crippen LogP) is 3.71. The van der Waals surface area contributed by atoms with Crippen molar-refractivity contribution in [2.45, 2.75) is 26.0 Å². The quantitative estimate of drug-likeness (QED) is 0.332. The average Bonchev–Trinajstić information content (AvgIpc) is 3.31. The number of rotatable bonds is 9. The van der Waals surface area contributed by atoms with Gasteiger partial charge in [-0.3, -0.25) is 4.99 Å². The maximum atomic E-state index is 5.92. The topological polar surface area (TPSA) is 63.5 Å². The normalized spacial score (nSPS) is 12.6. The molecule has 0 fully saturated rings. The minimum absolute atomic E-state index is 0.105. The predicted molar refractivity (Wildman–Crippen MR) is 117 cm³/mol. The summed E-state index contributed by atoms with van der Waals surface area (Å²) in [6, 6.07) is 18.5. The SMILES string of the molecule is CN=C(NCCCOC(C)c1ccccc1)NCc1ccccc1-n1ccnc1. The Bertz CT molecular complexity index is 877. The minimum atomic E-state index is 0.105. The van der Waals surface area contributed by atoms with Crippen molar-refractivity contribution in [2.24, 2.45) is 4.99 Å². The Morgan fingerprint density at radius 3 is 2.66 bits per heavy atom. The Labute approximate surface area is 172 Å². The second-order valence-electron chi connectivity index (χ2n) is 6.73. The number of imidazole rings is 1. The van der Waals surface area contributed by atoms with Crippen molar-refractivity contribution in [2.75, 3.05) is 20.2 Å². The summed E-state index contributed by atoms with van der Waals surface area (Å²) in [5, 5.41) is 6.73. The first-order chi connectivity index (χ1) is 14.3. The second-order valence-corrected chi connectivity index (χ2v) is 6.73. The van der Waals surface area contributed by atoms with E-state index in [-0.39, 0.29) is 6.10 Å². The summed E-state index contributed by atoms with van der Waals surface area (Å²) < 4.78 is 7.93. The minimum Gasteiger partial charge on any atom is -0.374 e. The van der Waals surface area contributed by atoms with E-state index < -0.39 is 0 Å². The van der Waals surface area contributed by atoms with Gasteiger partial charge in [-0.1, -0.05) is 48.5 Å². The van der Waals surface area contributed by atoms with Gasteiger partial charge in [0.2, 0.25) is 0 Å². The number of nitrogens with one attached hydrogen (secondary N) is 2. The van der Waals surface area contributed by atoms with E-state index in [9.17, 15) is 0 Å². The van der Waals surface area contributed by atoms with Crippen LogP contribution in [0.4, 0.5) is 0 Å². The molecule has 3 aromatic rings. The van der Waals surface area contributed by atoms with Crippen LogP contribution in [0.25, 0.3) is 5.69 Å². The van der Waals surface area contributed by atoms with Gasteiger partial charge in [-0.15, -0.1) is 0 Å². The Kier molecular flexibility index (Phi) is 7.83. The zero-order chi connectivity index (χ0) is 20.3. The molecule has 0 aliphatic rings. The molecule has 6 nitrogen and oxygen atoms in total.